The molecule has 1 heterocycles. The van der Waals surface area contributed by atoms with Crippen LogP contribution in [0, 0.1) is 5.92 Å². The van der Waals surface area contributed by atoms with Crippen molar-refractivity contribution in [2.75, 3.05) is 13.1 Å². The second-order valence-electron chi connectivity index (χ2n) is 2.82. The van der Waals surface area contributed by atoms with E-state index in [0.717, 1.165) is 19.0 Å². The van der Waals surface area contributed by atoms with Crippen molar-refractivity contribution in [1.82, 2.24) is 5.32 Å². The van der Waals surface area contributed by atoms with Gasteiger partial charge in [0.25, 0.3) is 0 Å². The van der Waals surface area contributed by atoms with Crippen molar-refractivity contribution in [3.05, 3.63) is 0 Å². The van der Waals surface area contributed by atoms with Gasteiger partial charge in [-0.2, -0.15) is 0 Å². The molecule has 0 radical (unpaired) electrons. The zero-order valence-electron chi connectivity index (χ0n) is 6.88. The number of rotatable bonds is 1. The Hall–Kier alpha value is 0.500. The highest BCUT2D eigenvalue weighted by atomic mass is 35.5. The molecule has 0 unspecified atom stereocenters. The van der Waals surface area contributed by atoms with Gasteiger partial charge in [-0.05, 0) is 18.9 Å². The van der Waals surface area contributed by atoms with Crippen LogP contribution in [0.5, 0.6) is 0 Å². The van der Waals surface area contributed by atoms with E-state index in [2.05, 4.69) is 12.2 Å². The van der Waals surface area contributed by atoms with Crippen LogP contribution in [0.2, 0.25) is 0 Å². The average molecular weight is 201 g/mol. The van der Waals surface area contributed by atoms with Crippen LogP contribution in [0.3, 0.4) is 0 Å². The maximum absolute atomic E-state index is 5.83. The Kier molecular flexibility index (Phi) is 9.15. The van der Waals surface area contributed by atoms with E-state index in [1.54, 1.807) is 0 Å². The Labute approximate surface area is 81.1 Å². The van der Waals surface area contributed by atoms with Crippen molar-refractivity contribution in [2.45, 2.75) is 25.8 Å². The highest BCUT2D eigenvalue weighted by Crippen LogP contribution is 2.13. The first-order valence-electron chi connectivity index (χ1n) is 3.81. The molecule has 1 saturated heterocycles. The first-order valence-corrected chi connectivity index (χ1v) is 3.81. The Morgan fingerprint density at radius 1 is 1.45 bits per heavy atom. The van der Waals surface area contributed by atoms with Crippen molar-refractivity contribution in [1.29, 1.82) is 0 Å². The van der Waals surface area contributed by atoms with Crippen LogP contribution in [-0.4, -0.2) is 19.1 Å². The molecule has 1 rings (SSSR count). The molecule has 0 aromatic heterocycles. The number of nitrogens with two attached hydrogens (primary N) is 1. The summed E-state index contributed by atoms with van der Waals surface area (Å²) in [6.45, 7) is 4.39. The van der Waals surface area contributed by atoms with Gasteiger partial charge >= 0.3 is 0 Å². The smallest absolute Gasteiger partial charge is 0.0194 e. The van der Waals surface area contributed by atoms with Crippen LogP contribution in [0.1, 0.15) is 19.8 Å². The molecule has 1 fully saturated rings. The zero-order valence-corrected chi connectivity index (χ0v) is 8.51. The summed E-state index contributed by atoms with van der Waals surface area (Å²) in [5.41, 5.74) is 5.83. The molecule has 0 spiro atoms. The van der Waals surface area contributed by atoms with E-state index in [0.29, 0.717) is 6.04 Å². The number of hydrogen-bond donors (Lipinski definition) is 2. The summed E-state index contributed by atoms with van der Waals surface area (Å²) in [4.78, 5) is 0. The number of hydrogen-bond acceptors (Lipinski definition) is 2. The third kappa shape index (κ3) is 4.16. The Morgan fingerprint density at radius 3 is 2.45 bits per heavy atom. The van der Waals surface area contributed by atoms with Crippen LogP contribution in [0.4, 0.5) is 0 Å². The maximum atomic E-state index is 5.83. The summed E-state index contributed by atoms with van der Waals surface area (Å²) in [7, 11) is 0. The van der Waals surface area contributed by atoms with Gasteiger partial charge in [0.05, 0.1) is 0 Å². The quantitative estimate of drug-likeness (QED) is 0.668. The summed E-state index contributed by atoms with van der Waals surface area (Å²) >= 11 is 0. The molecule has 4 heteroatoms. The van der Waals surface area contributed by atoms with Crippen LogP contribution >= 0.6 is 24.8 Å². The molecule has 0 aromatic carbocycles. The third-order valence-electron chi connectivity index (χ3n) is 2.20. The SMILES string of the molecule is CC[C@@H]1CCNC[C@H]1N.Cl.Cl. The lowest BCUT2D eigenvalue weighted by Crippen LogP contribution is -2.45. The molecule has 1 aliphatic rings. The lowest BCUT2D eigenvalue weighted by molar-refractivity contribution is 0.316. The lowest BCUT2D eigenvalue weighted by atomic mass is 9.91. The normalized spacial score (nSPS) is 30.0. The summed E-state index contributed by atoms with van der Waals surface area (Å²) in [6.07, 6.45) is 2.50. The maximum Gasteiger partial charge on any atom is 0.0194 e. The molecular weight excluding hydrogens is 183 g/mol. The number of halogens is 2. The van der Waals surface area contributed by atoms with Gasteiger partial charge in [0.1, 0.15) is 0 Å². The van der Waals surface area contributed by atoms with Gasteiger partial charge in [-0.15, -0.1) is 24.8 Å². The fraction of sp³-hybridized carbons (Fsp3) is 1.00. The molecule has 0 aliphatic carbocycles. The van der Waals surface area contributed by atoms with E-state index in [9.17, 15) is 0 Å². The summed E-state index contributed by atoms with van der Waals surface area (Å²) in [5, 5.41) is 3.27. The van der Waals surface area contributed by atoms with Gasteiger partial charge < -0.3 is 11.1 Å². The van der Waals surface area contributed by atoms with E-state index in [4.69, 9.17) is 5.73 Å². The second-order valence-corrected chi connectivity index (χ2v) is 2.82. The fourth-order valence-corrected chi connectivity index (χ4v) is 1.44. The van der Waals surface area contributed by atoms with Gasteiger partial charge in [0.15, 0.2) is 0 Å². The minimum Gasteiger partial charge on any atom is -0.326 e. The third-order valence-corrected chi connectivity index (χ3v) is 2.20. The minimum atomic E-state index is 0. The van der Waals surface area contributed by atoms with Crippen LogP contribution in [-0.2, 0) is 0 Å². The monoisotopic (exact) mass is 200 g/mol. The van der Waals surface area contributed by atoms with Crippen LogP contribution < -0.4 is 11.1 Å². The molecular formula is C7H18Cl2N2. The van der Waals surface area contributed by atoms with Crippen LogP contribution in [0.25, 0.3) is 0 Å². The topological polar surface area (TPSA) is 38.0 Å². The zero-order chi connectivity index (χ0) is 6.69. The highest BCUT2D eigenvalue weighted by Gasteiger charge is 2.18. The summed E-state index contributed by atoms with van der Waals surface area (Å²) in [6, 6.07) is 0.406. The van der Waals surface area contributed by atoms with Crippen molar-refractivity contribution in [3.8, 4) is 0 Å². The van der Waals surface area contributed by atoms with Gasteiger partial charge in [0.2, 0.25) is 0 Å². The largest absolute Gasteiger partial charge is 0.326 e. The van der Waals surface area contributed by atoms with Gasteiger partial charge in [0, 0.05) is 12.6 Å². The second kappa shape index (κ2) is 7.17. The lowest BCUT2D eigenvalue weighted by Gasteiger charge is -2.28. The van der Waals surface area contributed by atoms with E-state index in [-0.39, 0.29) is 24.8 Å². The summed E-state index contributed by atoms with van der Waals surface area (Å²) < 4.78 is 0. The van der Waals surface area contributed by atoms with Crippen molar-refractivity contribution in [2.24, 2.45) is 11.7 Å². The Bertz CT molecular complexity index is 90.5. The number of nitrogens with one attached hydrogen (secondary N) is 1. The van der Waals surface area contributed by atoms with Gasteiger partial charge in [-0.1, -0.05) is 13.3 Å². The molecule has 0 saturated carbocycles. The number of piperidine rings is 1. The first kappa shape index (κ1) is 14.0. The molecule has 0 amide bonds. The minimum absolute atomic E-state index is 0. The van der Waals surface area contributed by atoms with Crippen molar-refractivity contribution >= 4 is 24.8 Å². The molecule has 0 aromatic rings. The van der Waals surface area contributed by atoms with E-state index in [1.165, 1.54) is 12.8 Å². The highest BCUT2D eigenvalue weighted by molar-refractivity contribution is 5.85. The molecule has 2 nitrogen and oxygen atoms in total. The van der Waals surface area contributed by atoms with Gasteiger partial charge in [-0.3, -0.25) is 0 Å². The fourth-order valence-electron chi connectivity index (χ4n) is 1.44. The molecule has 3 N–H and O–H groups in total. The van der Waals surface area contributed by atoms with Gasteiger partial charge in [-0.25, -0.2) is 0 Å². The molecule has 11 heavy (non-hydrogen) atoms. The van der Waals surface area contributed by atoms with E-state index in [1.807, 2.05) is 0 Å². The van der Waals surface area contributed by atoms with E-state index < -0.39 is 0 Å². The molecule has 2 atom stereocenters. The average Bonchev–Trinajstić information content (AvgIpc) is 1.89. The first-order chi connectivity index (χ1) is 4.34. The predicted molar refractivity (Wildman–Crippen MR) is 53.7 cm³/mol. The summed E-state index contributed by atoms with van der Waals surface area (Å²) in [5.74, 6) is 0.770. The van der Waals surface area contributed by atoms with Crippen molar-refractivity contribution < 1.29 is 0 Å². The Morgan fingerprint density at radius 2 is 2.09 bits per heavy atom. The molecule has 1 aliphatic heterocycles. The molecule has 70 valence electrons. The predicted octanol–water partition coefficient (Wildman–Crippen LogP) is 1.18. The van der Waals surface area contributed by atoms with Crippen LogP contribution in [0.15, 0.2) is 0 Å². The van der Waals surface area contributed by atoms with E-state index >= 15 is 0 Å². The molecule has 0 bridgehead atoms. The van der Waals surface area contributed by atoms with Crippen molar-refractivity contribution in [3.63, 3.8) is 0 Å². The standard InChI is InChI=1S/C7H16N2.2ClH/c1-2-6-3-4-9-5-7(6)8;;/h6-7,9H,2-5,8H2,1H3;2*1H/t6-,7-;;/m1../s1. The Balaban J connectivity index is 0.